The van der Waals surface area contributed by atoms with Crippen molar-refractivity contribution in [2.75, 3.05) is 0 Å². The van der Waals surface area contributed by atoms with Gasteiger partial charge in [0, 0.05) is 0 Å². The van der Waals surface area contributed by atoms with Gasteiger partial charge >= 0.3 is 0 Å². The third-order valence-corrected chi connectivity index (χ3v) is 7.24. The Balaban J connectivity index is 0.00000185. The summed E-state index contributed by atoms with van der Waals surface area (Å²) >= 11 is 0. The van der Waals surface area contributed by atoms with Gasteiger partial charge in [0.1, 0.15) is 0 Å². The SMILES string of the molecule is C.c1ccc2c(c1)CCc1cccc3c4c5c(cccc5c-2c13)CCc1ccccc1-4. The summed E-state index contributed by atoms with van der Waals surface area (Å²) in [5, 5.41) is 5.79. The van der Waals surface area contributed by atoms with Crippen LogP contribution in [0.25, 0.3) is 43.8 Å². The van der Waals surface area contributed by atoms with E-state index in [9.17, 15) is 0 Å². The molecule has 150 valence electrons. The molecule has 0 heteroatoms. The lowest BCUT2D eigenvalue weighted by atomic mass is 9.83. The van der Waals surface area contributed by atoms with Crippen LogP contribution in [-0.4, -0.2) is 0 Å². The largest absolute Gasteiger partial charge is 0.0776 e. The molecular formula is C31H26. The molecule has 0 nitrogen and oxygen atoms in total. The molecule has 2 aliphatic carbocycles. The van der Waals surface area contributed by atoms with Crippen LogP contribution >= 0.6 is 0 Å². The summed E-state index contributed by atoms with van der Waals surface area (Å²) < 4.78 is 0. The van der Waals surface area contributed by atoms with Crippen LogP contribution in [0.2, 0.25) is 0 Å². The number of hydrogen-bond acceptors (Lipinski definition) is 0. The molecule has 31 heavy (non-hydrogen) atoms. The Labute approximate surface area is 184 Å². The number of rotatable bonds is 0. The van der Waals surface area contributed by atoms with Gasteiger partial charge in [-0.15, -0.1) is 0 Å². The molecule has 0 fully saturated rings. The Morgan fingerprint density at radius 3 is 1.26 bits per heavy atom. The fraction of sp³-hybridized carbons (Fsp3) is 0.161. The summed E-state index contributed by atoms with van der Waals surface area (Å²) in [4.78, 5) is 0. The van der Waals surface area contributed by atoms with Crippen molar-refractivity contribution < 1.29 is 0 Å². The summed E-state index contributed by atoms with van der Waals surface area (Å²) in [6, 6.07) is 32.1. The van der Waals surface area contributed by atoms with Gasteiger partial charge in [-0.3, -0.25) is 0 Å². The lowest BCUT2D eigenvalue weighted by molar-refractivity contribution is 0.978. The third-order valence-electron chi connectivity index (χ3n) is 7.24. The maximum Gasteiger partial charge on any atom is -0.00207 e. The van der Waals surface area contributed by atoms with Gasteiger partial charge < -0.3 is 0 Å². The highest BCUT2D eigenvalue weighted by atomic mass is 14.3. The van der Waals surface area contributed by atoms with Gasteiger partial charge in [-0.05, 0) is 91.7 Å². The van der Waals surface area contributed by atoms with E-state index >= 15 is 0 Å². The van der Waals surface area contributed by atoms with Crippen LogP contribution in [0.15, 0.2) is 84.9 Å². The van der Waals surface area contributed by atoms with Gasteiger partial charge in [0.05, 0.1) is 0 Å². The van der Waals surface area contributed by atoms with Gasteiger partial charge in [0.25, 0.3) is 0 Å². The Morgan fingerprint density at radius 2 is 0.774 bits per heavy atom. The first-order chi connectivity index (χ1) is 14.9. The topological polar surface area (TPSA) is 0 Å². The molecule has 0 saturated heterocycles. The van der Waals surface area contributed by atoms with Crippen molar-refractivity contribution in [3.05, 3.63) is 107 Å². The molecule has 0 aromatic heterocycles. The minimum atomic E-state index is 0. The van der Waals surface area contributed by atoms with Gasteiger partial charge in [-0.25, -0.2) is 0 Å². The second-order valence-electron chi connectivity index (χ2n) is 8.74. The van der Waals surface area contributed by atoms with E-state index in [-0.39, 0.29) is 7.43 Å². The molecule has 5 aromatic carbocycles. The fourth-order valence-corrected chi connectivity index (χ4v) is 5.96. The number of fused-ring (bicyclic) bond motifs is 6. The molecule has 0 heterocycles. The monoisotopic (exact) mass is 398 g/mol. The minimum absolute atomic E-state index is 0. The van der Waals surface area contributed by atoms with E-state index in [1.165, 1.54) is 66.1 Å². The maximum atomic E-state index is 2.36. The zero-order valence-electron chi connectivity index (χ0n) is 16.9. The van der Waals surface area contributed by atoms with Crippen LogP contribution in [0.1, 0.15) is 29.7 Å². The van der Waals surface area contributed by atoms with Crippen LogP contribution in [0.4, 0.5) is 0 Å². The van der Waals surface area contributed by atoms with Crippen LogP contribution in [0.5, 0.6) is 0 Å². The fourth-order valence-electron chi connectivity index (χ4n) is 5.96. The Kier molecular flexibility index (Phi) is 4.05. The zero-order chi connectivity index (χ0) is 19.7. The van der Waals surface area contributed by atoms with E-state index in [2.05, 4.69) is 84.9 Å². The molecule has 0 N–H and O–H groups in total. The van der Waals surface area contributed by atoms with Crippen molar-refractivity contribution in [2.24, 2.45) is 0 Å². The second kappa shape index (κ2) is 6.82. The van der Waals surface area contributed by atoms with Crippen molar-refractivity contribution >= 4 is 21.5 Å². The van der Waals surface area contributed by atoms with E-state index < -0.39 is 0 Å². The van der Waals surface area contributed by atoms with Crippen LogP contribution in [0.3, 0.4) is 0 Å². The average molecular weight is 399 g/mol. The lowest BCUT2D eigenvalue weighted by Crippen LogP contribution is -1.94. The standard InChI is InChI=1S/C30H22.CH4/c1-3-11-23-19(7-1)15-17-21-9-5-14-26-27(21)29(23)25-13-6-10-22-18-16-20-8-2-4-12-24(20)30(26)28(22)25;/h1-14H,15-18H2;1H4. The molecule has 2 aliphatic rings. The Hall–Kier alpha value is -3.38. The van der Waals surface area contributed by atoms with Crippen LogP contribution in [-0.2, 0) is 25.7 Å². The molecule has 0 saturated carbocycles. The molecule has 0 amide bonds. The van der Waals surface area contributed by atoms with Crippen LogP contribution in [0, 0.1) is 0 Å². The average Bonchev–Trinajstić information content (AvgIpc) is 3.07. The third kappa shape index (κ3) is 2.48. The van der Waals surface area contributed by atoms with Crippen LogP contribution < -0.4 is 0 Å². The Bertz CT molecular complexity index is 1370. The number of aryl methyl sites for hydroxylation is 4. The second-order valence-corrected chi connectivity index (χ2v) is 8.74. The highest BCUT2D eigenvalue weighted by Crippen LogP contribution is 2.49. The first-order valence-electron chi connectivity index (χ1n) is 11.1. The molecule has 0 aliphatic heterocycles. The molecule has 5 aromatic rings. The zero-order valence-corrected chi connectivity index (χ0v) is 16.9. The smallest absolute Gasteiger partial charge is 0.00207 e. The molecule has 7 rings (SSSR count). The highest BCUT2D eigenvalue weighted by molar-refractivity contribution is 6.23. The van der Waals surface area contributed by atoms with Gasteiger partial charge in [-0.1, -0.05) is 92.4 Å². The minimum Gasteiger partial charge on any atom is -0.0776 e. The molecule has 0 radical (unpaired) electrons. The molecule has 0 spiro atoms. The molecular weight excluding hydrogens is 372 g/mol. The predicted octanol–water partition coefficient (Wildman–Crippen LogP) is 8.16. The van der Waals surface area contributed by atoms with E-state index in [1.54, 1.807) is 0 Å². The van der Waals surface area contributed by atoms with Crippen molar-refractivity contribution in [2.45, 2.75) is 33.1 Å². The number of benzene rings is 5. The number of hydrogen-bond donors (Lipinski definition) is 0. The van der Waals surface area contributed by atoms with Gasteiger partial charge in [0.15, 0.2) is 0 Å². The maximum absolute atomic E-state index is 2.36. The quantitative estimate of drug-likeness (QED) is 0.231. The summed E-state index contributed by atoms with van der Waals surface area (Å²) in [5.74, 6) is 0. The molecule has 0 unspecified atom stereocenters. The highest BCUT2D eigenvalue weighted by Gasteiger charge is 2.25. The van der Waals surface area contributed by atoms with E-state index in [0.29, 0.717) is 0 Å². The predicted molar refractivity (Wildman–Crippen MR) is 134 cm³/mol. The first-order valence-corrected chi connectivity index (χ1v) is 11.1. The van der Waals surface area contributed by atoms with Crippen molar-refractivity contribution in [1.29, 1.82) is 0 Å². The normalized spacial score (nSPS) is 13.7. The van der Waals surface area contributed by atoms with Gasteiger partial charge in [-0.2, -0.15) is 0 Å². The summed E-state index contributed by atoms with van der Waals surface area (Å²) in [6.07, 6.45) is 4.43. The summed E-state index contributed by atoms with van der Waals surface area (Å²) in [6.45, 7) is 0. The van der Waals surface area contributed by atoms with E-state index in [4.69, 9.17) is 0 Å². The van der Waals surface area contributed by atoms with E-state index in [1.807, 2.05) is 0 Å². The van der Waals surface area contributed by atoms with Crippen molar-refractivity contribution in [1.82, 2.24) is 0 Å². The molecule has 0 atom stereocenters. The first kappa shape index (κ1) is 18.4. The van der Waals surface area contributed by atoms with Crippen molar-refractivity contribution in [3.63, 3.8) is 0 Å². The van der Waals surface area contributed by atoms with Gasteiger partial charge in [0.2, 0.25) is 0 Å². The van der Waals surface area contributed by atoms with Crippen molar-refractivity contribution in [3.8, 4) is 22.3 Å². The van der Waals surface area contributed by atoms with E-state index in [0.717, 1.165) is 25.7 Å². The molecule has 0 bridgehead atoms. The lowest BCUT2D eigenvalue weighted by Gasteiger charge is -2.20. The summed E-state index contributed by atoms with van der Waals surface area (Å²) in [7, 11) is 0. The summed E-state index contributed by atoms with van der Waals surface area (Å²) in [5.41, 5.74) is 11.7. The Morgan fingerprint density at radius 1 is 0.387 bits per heavy atom.